The summed E-state index contributed by atoms with van der Waals surface area (Å²) in [6, 6.07) is 25.9. The van der Waals surface area contributed by atoms with E-state index in [1.54, 1.807) is 0 Å². The first-order valence-electron chi connectivity index (χ1n) is 11.0. The van der Waals surface area contributed by atoms with Crippen LogP contribution in [0.3, 0.4) is 0 Å². The smallest absolute Gasteiger partial charge is 0.240 e. The molecule has 33 heavy (non-hydrogen) atoms. The minimum Gasteiger partial charge on any atom is -0.325 e. The first-order valence-corrected chi connectivity index (χ1v) is 11.9. The number of hydrogen-bond acceptors (Lipinski definition) is 5. The molecule has 166 valence electrons. The first kappa shape index (κ1) is 21.3. The van der Waals surface area contributed by atoms with Crippen LogP contribution in [0.25, 0.3) is 11.4 Å². The molecule has 2 heterocycles. The molecule has 1 amide bonds. The number of para-hydroxylation sites is 1. The van der Waals surface area contributed by atoms with E-state index in [9.17, 15) is 4.79 Å². The minimum absolute atomic E-state index is 0.0607. The van der Waals surface area contributed by atoms with Gasteiger partial charge in [0, 0.05) is 11.3 Å². The summed E-state index contributed by atoms with van der Waals surface area (Å²) in [5, 5.41) is 12.2. The summed E-state index contributed by atoms with van der Waals surface area (Å²) in [5.41, 5.74) is 8.68. The average molecular weight is 456 g/mol. The monoisotopic (exact) mass is 455 g/mol. The Balaban J connectivity index is 1.52. The number of hydrogen-bond donors (Lipinski definition) is 2. The molecule has 0 fully saturated rings. The fraction of sp³-hybridized carbons (Fsp3) is 0.192. The average Bonchev–Trinajstić information content (AvgIpc) is 3.27. The lowest BCUT2D eigenvalue weighted by Crippen LogP contribution is -2.41. The Kier molecular flexibility index (Phi) is 5.88. The van der Waals surface area contributed by atoms with Crippen LogP contribution in [0, 0.1) is 6.92 Å². The van der Waals surface area contributed by atoms with Gasteiger partial charge < -0.3 is 10.7 Å². The zero-order valence-electron chi connectivity index (χ0n) is 18.5. The molecule has 0 spiro atoms. The molecule has 0 unspecified atom stereocenters. The number of carbonyl (C=O) groups excluding carboxylic acids is 1. The maximum atomic E-state index is 13.5. The van der Waals surface area contributed by atoms with Crippen molar-refractivity contribution in [3.63, 3.8) is 0 Å². The van der Waals surface area contributed by atoms with E-state index in [0.29, 0.717) is 5.16 Å². The molecule has 2 atom stereocenters. The van der Waals surface area contributed by atoms with Gasteiger partial charge in [-0.15, -0.1) is 10.2 Å². The van der Waals surface area contributed by atoms with Gasteiger partial charge in [0.15, 0.2) is 5.82 Å². The van der Waals surface area contributed by atoms with Gasteiger partial charge in [0.05, 0.1) is 6.04 Å². The van der Waals surface area contributed by atoms with Crippen molar-refractivity contribution in [3.8, 4) is 11.4 Å². The number of nitrogens with one attached hydrogen (secondary N) is 2. The highest BCUT2D eigenvalue weighted by molar-refractivity contribution is 8.00. The highest BCUT2D eigenvalue weighted by atomic mass is 32.2. The van der Waals surface area contributed by atoms with Gasteiger partial charge >= 0.3 is 0 Å². The number of aryl methyl sites for hydroxylation is 2. The Hall–Kier alpha value is -3.58. The van der Waals surface area contributed by atoms with Crippen LogP contribution in [0.5, 0.6) is 0 Å². The topological polar surface area (TPSA) is 71.8 Å². The summed E-state index contributed by atoms with van der Waals surface area (Å²) in [6.07, 6.45) is 0.850. The maximum absolute atomic E-state index is 13.5. The largest absolute Gasteiger partial charge is 0.325 e. The highest BCUT2D eigenvalue weighted by Gasteiger charge is 2.38. The SMILES string of the molecule is CCc1ccccc1NC(=O)[C@@H]1Sc2nnc(-c3ccccc3)n2N[C@H]1c1ccc(C)cc1. The second-order valence-electron chi connectivity index (χ2n) is 8.06. The number of fused-ring (bicyclic) bond motifs is 1. The van der Waals surface area contributed by atoms with Gasteiger partial charge in [0.1, 0.15) is 5.25 Å². The third-order valence-electron chi connectivity index (χ3n) is 5.82. The standard InChI is InChI=1S/C26H25N5OS/c1-3-18-9-7-8-12-21(18)27-25(32)23-22(19-15-13-17(2)14-16-19)30-31-24(28-29-26(31)33-23)20-10-5-4-6-11-20/h4-16,22-23,30H,3H2,1-2H3,(H,27,32)/t22-,23+/m0/s1. The molecule has 5 rings (SSSR count). The minimum atomic E-state index is -0.419. The molecule has 0 radical (unpaired) electrons. The summed E-state index contributed by atoms with van der Waals surface area (Å²) in [5.74, 6) is 0.667. The van der Waals surface area contributed by atoms with E-state index in [1.165, 1.54) is 17.3 Å². The Morgan fingerprint density at radius 2 is 1.73 bits per heavy atom. The molecule has 1 aliphatic heterocycles. The van der Waals surface area contributed by atoms with E-state index in [0.717, 1.165) is 34.6 Å². The van der Waals surface area contributed by atoms with Crippen molar-refractivity contribution in [2.24, 2.45) is 0 Å². The third kappa shape index (κ3) is 4.24. The van der Waals surface area contributed by atoms with Gasteiger partial charge in [-0.3, -0.25) is 4.79 Å². The predicted molar refractivity (Wildman–Crippen MR) is 133 cm³/mol. The Bertz CT molecular complexity index is 1270. The second kappa shape index (κ2) is 9.11. The Morgan fingerprint density at radius 3 is 2.48 bits per heavy atom. The van der Waals surface area contributed by atoms with Crippen molar-refractivity contribution < 1.29 is 4.79 Å². The lowest BCUT2D eigenvalue weighted by Gasteiger charge is -2.33. The van der Waals surface area contributed by atoms with Crippen LogP contribution in [-0.2, 0) is 11.2 Å². The number of anilines is 1. The number of nitrogens with zero attached hydrogens (tertiary/aromatic N) is 3. The quantitative estimate of drug-likeness (QED) is 0.432. The maximum Gasteiger partial charge on any atom is 0.240 e. The van der Waals surface area contributed by atoms with Crippen molar-refractivity contribution in [2.45, 2.75) is 36.7 Å². The number of amides is 1. The fourth-order valence-electron chi connectivity index (χ4n) is 4.01. The van der Waals surface area contributed by atoms with E-state index in [4.69, 9.17) is 0 Å². The first-order chi connectivity index (χ1) is 16.1. The Labute approximate surface area is 197 Å². The number of thioether (sulfide) groups is 1. The van der Waals surface area contributed by atoms with Crippen LogP contribution < -0.4 is 10.7 Å². The molecule has 4 aromatic rings. The lowest BCUT2D eigenvalue weighted by atomic mass is 10.0. The van der Waals surface area contributed by atoms with Crippen LogP contribution in [0.15, 0.2) is 84.0 Å². The molecular formula is C26H25N5OS. The zero-order chi connectivity index (χ0) is 22.8. The summed E-state index contributed by atoms with van der Waals surface area (Å²) in [7, 11) is 0. The van der Waals surface area contributed by atoms with Gasteiger partial charge in [-0.2, -0.15) is 0 Å². The molecule has 0 aliphatic carbocycles. The summed E-state index contributed by atoms with van der Waals surface area (Å²) >= 11 is 1.44. The molecule has 0 saturated heterocycles. The van der Waals surface area contributed by atoms with E-state index < -0.39 is 5.25 Å². The number of rotatable bonds is 5. The van der Waals surface area contributed by atoms with Gasteiger partial charge in [-0.1, -0.05) is 97.0 Å². The van der Waals surface area contributed by atoms with Crippen LogP contribution >= 0.6 is 11.8 Å². The van der Waals surface area contributed by atoms with Gasteiger partial charge in [-0.05, 0) is 30.5 Å². The number of benzene rings is 3. The van der Waals surface area contributed by atoms with E-state index in [-0.39, 0.29) is 11.9 Å². The van der Waals surface area contributed by atoms with Crippen molar-refractivity contribution >= 4 is 23.4 Å². The number of aromatic nitrogens is 3. The molecule has 6 nitrogen and oxygen atoms in total. The summed E-state index contributed by atoms with van der Waals surface area (Å²) in [6.45, 7) is 4.15. The number of carbonyl (C=O) groups is 1. The van der Waals surface area contributed by atoms with Crippen LogP contribution in [0.1, 0.15) is 29.7 Å². The van der Waals surface area contributed by atoms with Gasteiger partial charge in [0.25, 0.3) is 0 Å². The molecule has 2 N–H and O–H groups in total. The van der Waals surface area contributed by atoms with E-state index >= 15 is 0 Å². The van der Waals surface area contributed by atoms with E-state index in [2.05, 4.69) is 59.1 Å². The summed E-state index contributed by atoms with van der Waals surface area (Å²) < 4.78 is 1.90. The fourth-order valence-corrected chi connectivity index (χ4v) is 5.09. The van der Waals surface area contributed by atoms with Gasteiger partial charge in [-0.25, -0.2) is 4.68 Å². The van der Waals surface area contributed by atoms with Crippen LogP contribution in [0.2, 0.25) is 0 Å². The Morgan fingerprint density at radius 1 is 1.00 bits per heavy atom. The zero-order valence-corrected chi connectivity index (χ0v) is 19.3. The van der Waals surface area contributed by atoms with Crippen molar-refractivity contribution in [1.29, 1.82) is 0 Å². The molecule has 3 aromatic carbocycles. The predicted octanol–water partition coefficient (Wildman–Crippen LogP) is 5.21. The molecule has 0 saturated carbocycles. The normalized spacial score (nSPS) is 17.2. The van der Waals surface area contributed by atoms with Gasteiger partial charge in [0.2, 0.25) is 11.1 Å². The molecule has 7 heteroatoms. The van der Waals surface area contributed by atoms with Crippen LogP contribution in [-0.4, -0.2) is 26.0 Å². The molecular weight excluding hydrogens is 430 g/mol. The third-order valence-corrected chi connectivity index (χ3v) is 7.03. The van der Waals surface area contributed by atoms with Crippen molar-refractivity contribution in [3.05, 3.63) is 95.6 Å². The lowest BCUT2D eigenvalue weighted by molar-refractivity contribution is -0.116. The van der Waals surface area contributed by atoms with Crippen molar-refractivity contribution in [1.82, 2.24) is 14.9 Å². The second-order valence-corrected chi connectivity index (χ2v) is 9.17. The highest BCUT2D eigenvalue weighted by Crippen LogP contribution is 2.39. The van der Waals surface area contributed by atoms with Crippen LogP contribution in [0.4, 0.5) is 5.69 Å². The summed E-state index contributed by atoms with van der Waals surface area (Å²) in [4.78, 5) is 13.5. The molecule has 1 aromatic heterocycles. The molecule has 0 bridgehead atoms. The van der Waals surface area contributed by atoms with E-state index in [1.807, 2.05) is 59.3 Å². The van der Waals surface area contributed by atoms with Crippen molar-refractivity contribution in [2.75, 3.05) is 10.7 Å². The molecule has 1 aliphatic rings.